The van der Waals surface area contributed by atoms with Crippen LogP contribution in [0.2, 0.25) is 0 Å². The van der Waals surface area contributed by atoms with E-state index in [9.17, 15) is 22.7 Å². The van der Waals surface area contributed by atoms with Gasteiger partial charge in [-0.25, -0.2) is 22.6 Å². The van der Waals surface area contributed by atoms with Crippen LogP contribution in [0, 0.1) is 11.2 Å². The molecule has 2 aromatic rings. The summed E-state index contributed by atoms with van der Waals surface area (Å²) < 4.78 is 41.6. The maximum absolute atomic E-state index is 13.5. The zero-order valence-corrected chi connectivity index (χ0v) is 20.9. The first-order valence-corrected chi connectivity index (χ1v) is 13.7. The number of anilines is 1. The number of allylic oxidation sites excluding steroid dienone is 2. The molecule has 1 aromatic carbocycles. The number of carbonyl (C=O) groups is 1. The van der Waals surface area contributed by atoms with Crippen LogP contribution in [0.1, 0.15) is 19.3 Å². The summed E-state index contributed by atoms with van der Waals surface area (Å²) >= 11 is 0. The Morgan fingerprint density at radius 3 is 2.54 bits per heavy atom. The number of quaternary nitrogens is 1. The van der Waals surface area contributed by atoms with Crippen molar-refractivity contribution in [3.63, 3.8) is 0 Å². The molecular weight excluding hydrogens is 497 g/mol. The van der Waals surface area contributed by atoms with E-state index in [1.165, 1.54) is 34.8 Å². The SMILES string of the molecule is O=C[N+]1(c2ccc(F)cc2)N=CC2=C1C=C1CCN(S(=O)(=O)c3ccc(N4CCC4)nc3)CC1(CO)C2. The molecule has 4 heterocycles. The van der Waals surface area contributed by atoms with Crippen LogP contribution in [0.15, 0.2) is 75.5 Å². The predicted octanol–water partition coefficient (Wildman–Crippen LogP) is 2.55. The van der Waals surface area contributed by atoms with Gasteiger partial charge < -0.3 is 10.0 Å². The highest BCUT2D eigenvalue weighted by molar-refractivity contribution is 7.89. The van der Waals surface area contributed by atoms with Gasteiger partial charge in [-0.15, -0.1) is 0 Å². The van der Waals surface area contributed by atoms with E-state index in [4.69, 9.17) is 0 Å². The highest BCUT2D eigenvalue weighted by Gasteiger charge is 2.51. The molecular formula is C26H27FN5O4S+. The van der Waals surface area contributed by atoms with Crippen LogP contribution in [-0.2, 0) is 14.8 Å². The minimum absolute atomic E-state index is 0.105. The molecule has 9 nitrogen and oxygen atoms in total. The number of aromatic nitrogens is 1. The second-order valence-corrected chi connectivity index (χ2v) is 11.9. The van der Waals surface area contributed by atoms with E-state index < -0.39 is 25.8 Å². The Morgan fingerprint density at radius 1 is 1.14 bits per heavy atom. The van der Waals surface area contributed by atoms with Crippen molar-refractivity contribution in [3.05, 3.63) is 71.3 Å². The van der Waals surface area contributed by atoms with Gasteiger partial charge >= 0.3 is 6.41 Å². The average molecular weight is 525 g/mol. The quantitative estimate of drug-likeness (QED) is 0.460. The minimum atomic E-state index is -3.82. The number of rotatable bonds is 6. The first kappa shape index (κ1) is 24.1. The Kier molecular flexibility index (Phi) is 5.64. The zero-order chi connectivity index (χ0) is 25.8. The number of hydrogen-bond donors (Lipinski definition) is 1. The van der Waals surface area contributed by atoms with Crippen LogP contribution < -0.4 is 9.49 Å². The fraction of sp³-hybridized carbons (Fsp3) is 0.346. The van der Waals surface area contributed by atoms with E-state index in [-0.39, 0.29) is 24.6 Å². The molecule has 2 saturated heterocycles. The van der Waals surface area contributed by atoms with Gasteiger partial charge in [0.2, 0.25) is 10.0 Å². The molecule has 11 heteroatoms. The summed E-state index contributed by atoms with van der Waals surface area (Å²) in [5, 5.41) is 15.0. The summed E-state index contributed by atoms with van der Waals surface area (Å²) in [4.78, 5) is 18.9. The van der Waals surface area contributed by atoms with Crippen molar-refractivity contribution in [1.82, 2.24) is 13.9 Å². The molecule has 37 heavy (non-hydrogen) atoms. The van der Waals surface area contributed by atoms with Gasteiger partial charge in [0.1, 0.15) is 16.5 Å². The highest BCUT2D eigenvalue weighted by Crippen LogP contribution is 2.49. The van der Waals surface area contributed by atoms with E-state index in [0.717, 1.165) is 36.5 Å². The van der Waals surface area contributed by atoms with Crippen molar-refractivity contribution in [2.75, 3.05) is 37.7 Å². The minimum Gasteiger partial charge on any atom is -0.395 e. The number of aliphatic hydroxyl groups excluding tert-OH is 1. The molecule has 0 radical (unpaired) electrons. The third kappa shape index (κ3) is 3.68. The van der Waals surface area contributed by atoms with Gasteiger partial charge in [-0.1, -0.05) is 15.3 Å². The number of hydrogen-bond acceptors (Lipinski definition) is 7. The van der Waals surface area contributed by atoms with Crippen molar-refractivity contribution < 1.29 is 22.7 Å². The maximum Gasteiger partial charge on any atom is 0.338 e. The van der Waals surface area contributed by atoms with Gasteiger partial charge in [0.05, 0.1) is 12.8 Å². The fourth-order valence-electron chi connectivity index (χ4n) is 5.63. The van der Waals surface area contributed by atoms with E-state index >= 15 is 0 Å². The number of nitrogens with zero attached hydrogens (tertiary/aromatic N) is 5. The predicted molar refractivity (Wildman–Crippen MR) is 136 cm³/mol. The van der Waals surface area contributed by atoms with Gasteiger partial charge in [-0.2, -0.15) is 4.31 Å². The number of carbonyl (C=O) groups excluding carboxylic acids is 1. The standard InChI is InChI=1S/C26H27FN5O4S/c27-21-2-4-22(5-3-21)32(18-34)24-12-20-8-11-31(16-26(20,17-33)13-19(24)14-29-32)37(35,36)23-6-7-25(28-15-23)30-9-1-10-30/h2-7,12,14-15,18,33H,1,8-11,13,16-17H2/q+1. The lowest BCUT2D eigenvalue weighted by Gasteiger charge is -2.45. The van der Waals surface area contributed by atoms with Gasteiger partial charge in [0.25, 0.3) is 0 Å². The zero-order valence-electron chi connectivity index (χ0n) is 20.1. The molecule has 1 N–H and O–H groups in total. The van der Waals surface area contributed by atoms with Crippen molar-refractivity contribution in [2.45, 2.75) is 24.2 Å². The number of halogens is 1. The van der Waals surface area contributed by atoms with E-state index in [2.05, 4.69) is 15.0 Å². The van der Waals surface area contributed by atoms with Crippen molar-refractivity contribution in [2.24, 2.45) is 10.5 Å². The van der Waals surface area contributed by atoms with Crippen LogP contribution in [0.25, 0.3) is 0 Å². The molecule has 1 aromatic heterocycles. The van der Waals surface area contributed by atoms with Crippen molar-refractivity contribution in [1.29, 1.82) is 0 Å². The van der Waals surface area contributed by atoms with Crippen LogP contribution in [0.4, 0.5) is 15.9 Å². The van der Waals surface area contributed by atoms with Crippen molar-refractivity contribution >= 4 is 34.2 Å². The summed E-state index contributed by atoms with van der Waals surface area (Å²) in [7, 11) is -3.82. The topological polar surface area (TPSA) is 103 Å². The van der Waals surface area contributed by atoms with E-state index in [1.807, 2.05) is 6.08 Å². The molecule has 1 amide bonds. The monoisotopic (exact) mass is 524 g/mol. The Bertz CT molecular complexity index is 1450. The lowest BCUT2D eigenvalue weighted by Crippen LogP contribution is -2.51. The summed E-state index contributed by atoms with van der Waals surface area (Å²) in [6, 6.07) is 8.96. The normalized spacial score (nSPS) is 27.4. The van der Waals surface area contributed by atoms with Crippen molar-refractivity contribution in [3.8, 4) is 0 Å². The van der Waals surface area contributed by atoms with Crippen LogP contribution >= 0.6 is 0 Å². The smallest absolute Gasteiger partial charge is 0.338 e. The number of piperidine rings is 1. The Balaban J connectivity index is 1.29. The molecule has 0 spiro atoms. The summed E-state index contributed by atoms with van der Waals surface area (Å²) in [5.41, 5.74) is 1.94. The maximum atomic E-state index is 13.5. The number of fused-ring (bicyclic) bond motifs is 1. The number of benzene rings is 1. The summed E-state index contributed by atoms with van der Waals surface area (Å²) in [6.45, 7) is 1.94. The average Bonchev–Trinajstić information content (AvgIpc) is 3.24. The molecule has 192 valence electrons. The number of pyridine rings is 1. The van der Waals surface area contributed by atoms with Crippen LogP contribution in [0.3, 0.4) is 0 Å². The largest absolute Gasteiger partial charge is 0.395 e. The molecule has 3 aliphatic heterocycles. The Morgan fingerprint density at radius 2 is 1.92 bits per heavy atom. The van der Waals surface area contributed by atoms with Crippen LogP contribution in [-0.4, -0.2) is 68.2 Å². The van der Waals surface area contributed by atoms with Gasteiger partial charge in [0, 0.05) is 61.6 Å². The summed E-state index contributed by atoms with van der Waals surface area (Å²) in [5.74, 6) is 0.358. The van der Waals surface area contributed by atoms with E-state index in [0.29, 0.717) is 30.6 Å². The molecule has 1 aliphatic carbocycles. The lowest BCUT2D eigenvalue weighted by atomic mass is 9.69. The Labute approximate surface area is 214 Å². The second-order valence-electron chi connectivity index (χ2n) is 9.99. The van der Waals surface area contributed by atoms with Crippen LogP contribution in [0.5, 0.6) is 0 Å². The fourth-order valence-corrected chi connectivity index (χ4v) is 7.10. The van der Waals surface area contributed by atoms with E-state index in [1.54, 1.807) is 18.3 Å². The first-order chi connectivity index (χ1) is 17.8. The Hall–Kier alpha value is -3.25. The number of sulfonamides is 1. The third-order valence-corrected chi connectivity index (χ3v) is 9.77. The molecule has 2 fully saturated rings. The molecule has 0 bridgehead atoms. The molecule has 4 aliphatic rings. The van der Waals surface area contributed by atoms with Gasteiger partial charge in [-0.05, 0) is 43.5 Å². The first-order valence-electron chi connectivity index (χ1n) is 12.2. The number of amides is 1. The third-order valence-electron chi connectivity index (χ3n) is 7.94. The van der Waals surface area contributed by atoms with Gasteiger partial charge in [0.15, 0.2) is 11.4 Å². The molecule has 6 rings (SSSR count). The molecule has 0 saturated carbocycles. The molecule has 2 unspecified atom stereocenters. The lowest BCUT2D eigenvalue weighted by molar-refractivity contribution is -0.115. The second kappa shape index (κ2) is 8.66. The van der Waals surface area contributed by atoms with Gasteiger partial charge in [-0.3, -0.25) is 0 Å². The highest BCUT2D eigenvalue weighted by atomic mass is 32.2. The molecule has 2 atom stereocenters. The number of aliphatic hydroxyl groups is 1. The summed E-state index contributed by atoms with van der Waals surface area (Å²) in [6.07, 6.45) is 7.42.